The molecule has 3 heterocycles. The van der Waals surface area contributed by atoms with E-state index in [9.17, 15) is 13.2 Å². The second-order valence-electron chi connectivity index (χ2n) is 7.42. The molecule has 2 aromatic carbocycles. The lowest BCUT2D eigenvalue weighted by molar-refractivity contribution is -0.137. The summed E-state index contributed by atoms with van der Waals surface area (Å²) in [6.07, 6.45) is -4.57. The summed E-state index contributed by atoms with van der Waals surface area (Å²) in [5, 5.41) is 8.37. The van der Waals surface area contributed by atoms with Crippen LogP contribution in [0, 0.1) is 6.92 Å². The fourth-order valence-electron chi connectivity index (χ4n) is 3.49. The van der Waals surface area contributed by atoms with Gasteiger partial charge in [-0.25, -0.2) is 0 Å². The lowest BCUT2D eigenvalue weighted by Gasteiger charge is -2.24. The van der Waals surface area contributed by atoms with Gasteiger partial charge in [0.25, 0.3) is 5.89 Å². The van der Waals surface area contributed by atoms with Gasteiger partial charge in [0.2, 0.25) is 5.82 Å². The molecule has 6 nitrogen and oxygen atoms in total. The molecule has 0 bridgehead atoms. The van der Waals surface area contributed by atoms with Crippen LogP contribution in [0.1, 0.15) is 28.5 Å². The second-order valence-corrected chi connectivity index (χ2v) is 7.42. The van der Waals surface area contributed by atoms with Gasteiger partial charge in [0.05, 0.1) is 24.4 Å². The van der Waals surface area contributed by atoms with Crippen molar-refractivity contribution in [1.82, 2.24) is 19.9 Å². The molecule has 0 spiro atoms. The van der Waals surface area contributed by atoms with E-state index in [1.165, 1.54) is 17.7 Å². The van der Waals surface area contributed by atoms with E-state index in [0.29, 0.717) is 18.8 Å². The van der Waals surface area contributed by atoms with Gasteiger partial charge in [-0.3, -0.25) is 4.68 Å². The van der Waals surface area contributed by atoms with Gasteiger partial charge in [-0.1, -0.05) is 47.1 Å². The summed E-state index contributed by atoms with van der Waals surface area (Å²) < 4.78 is 52.0. The van der Waals surface area contributed by atoms with Gasteiger partial charge in [0.1, 0.15) is 6.10 Å². The van der Waals surface area contributed by atoms with Crippen LogP contribution in [0.4, 0.5) is 13.2 Å². The molecule has 1 unspecified atom stereocenters. The van der Waals surface area contributed by atoms with E-state index < -0.39 is 11.7 Å². The number of alkyl halides is 3. The third kappa shape index (κ3) is 3.84. The highest BCUT2D eigenvalue weighted by Gasteiger charge is 2.31. The average Bonchev–Trinajstić information content (AvgIpc) is 3.40. The summed E-state index contributed by atoms with van der Waals surface area (Å²) >= 11 is 0. The second kappa shape index (κ2) is 7.35. The van der Waals surface area contributed by atoms with Crippen molar-refractivity contribution < 1.29 is 22.4 Å². The fraction of sp³-hybridized carbons (Fsp3) is 0.227. The molecule has 0 aliphatic carbocycles. The number of hydrogen-bond donors (Lipinski definition) is 0. The first-order chi connectivity index (χ1) is 14.9. The van der Waals surface area contributed by atoms with Gasteiger partial charge in [-0.15, -0.1) is 0 Å². The summed E-state index contributed by atoms with van der Waals surface area (Å²) in [4.78, 5) is 4.24. The van der Waals surface area contributed by atoms with Crippen molar-refractivity contribution in [1.29, 1.82) is 0 Å². The van der Waals surface area contributed by atoms with Crippen molar-refractivity contribution in [3.63, 3.8) is 0 Å². The fourth-order valence-corrected chi connectivity index (χ4v) is 3.49. The number of nitrogens with zero attached hydrogens (tertiary/aromatic N) is 4. The Hall–Kier alpha value is -3.46. The predicted molar refractivity (Wildman–Crippen MR) is 105 cm³/mol. The van der Waals surface area contributed by atoms with Crippen LogP contribution in [-0.2, 0) is 24.1 Å². The van der Waals surface area contributed by atoms with Gasteiger partial charge in [0, 0.05) is 5.56 Å². The van der Waals surface area contributed by atoms with Crippen LogP contribution < -0.4 is 0 Å². The monoisotopic (exact) mass is 426 g/mol. The third-order valence-electron chi connectivity index (χ3n) is 5.18. The molecule has 9 heteroatoms. The molecular weight excluding hydrogens is 409 g/mol. The number of aryl methyl sites for hydroxylation is 1. The van der Waals surface area contributed by atoms with Gasteiger partial charge < -0.3 is 9.26 Å². The van der Waals surface area contributed by atoms with E-state index in [0.717, 1.165) is 23.4 Å². The van der Waals surface area contributed by atoms with Crippen LogP contribution in [0.5, 0.6) is 0 Å². The maximum Gasteiger partial charge on any atom is 0.416 e. The normalized spacial score (nSPS) is 16.3. The molecule has 1 aliphatic heterocycles. The zero-order valence-corrected chi connectivity index (χ0v) is 16.4. The molecule has 0 amide bonds. The molecule has 0 saturated heterocycles. The molecule has 0 N–H and O–H groups in total. The first-order valence-electron chi connectivity index (χ1n) is 9.63. The van der Waals surface area contributed by atoms with E-state index in [-0.39, 0.29) is 23.4 Å². The van der Waals surface area contributed by atoms with Gasteiger partial charge in [0.15, 0.2) is 5.69 Å². The lowest BCUT2D eigenvalue weighted by Crippen LogP contribution is -2.21. The average molecular weight is 426 g/mol. The van der Waals surface area contributed by atoms with Crippen molar-refractivity contribution >= 4 is 0 Å². The van der Waals surface area contributed by atoms with Gasteiger partial charge >= 0.3 is 6.18 Å². The summed E-state index contributed by atoms with van der Waals surface area (Å²) in [6, 6.07) is 14.7. The molecule has 158 valence electrons. The summed E-state index contributed by atoms with van der Waals surface area (Å²) in [5.74, 6) is 0.210. The maximum atomic E-state index is 13.0. The van der Waals surface area contributed by atoms with Crippen molar-refractivity contribution in [2.75, 3.05) is 0 Å². The molecule has 5 rings (SSSR count). The zero-order chi connectivity index (χ0) is 21.6. The van der Waals surface area contributed by atoms with Crippen LogP contribution in [0.2, 0.25) is 0 Å². The standard InChI is InChI=1S/C22H17F3N4O2/c1-13-5-7-14(8-6-13)19-11-29-17(12-30-19)10-18(27-29)21-26-20(28-31-21)15-3-2-4-16(9-15)22(23,24)25/h2-10,19H,11-12H2,1H3. The SMILES string of the molecule is Cc1ccc(C2Cn3nc(-c4nc(-c5cccc(C(F)(F)F)c5)no4)cc3CO2)cc1. The number of rotatable bonds is 3. The quantitative estimate of drug-likeness (QED) is 0.451. The highest BCUT2D eigenvalue weighted by Crippen LogP contribution is 2.33. The third-order valence-corrected chi connectivity index (χ3v) is 5.18. The first-order valence-corrected chi connectivity index (χ1v) is 9.63. The highest BCUT2D eigenvalue weighted by molar-refractivity contribution is 5.59. The minimum Gasteiger partial charge on any atom is -0.365 e. The summed E-state index contributed by atoms with van der Waals surface area (Å²) in [5.41, 5.74) is 3.00. The molecular formula is C22H17F3N4O2. The molecule has 4 aromatic rings. The Bertz CT molecular complexity index is 1230. The zero-order valence-electron chi connectivity index (χ0n) is 16.4. The number of fused-ring (bicyclic) bond motifs is 1. The summed E-state index contributed by atoms with van der Waals surface area (Å²) in [7, 11) is 0. The molecule has 0 saturated carbocycles. The topological polar surface area (TPSA) is 66.0 Å². The van der Waals surface area contributed by atoms with E-state index in [4.69, 9.17) is 9.26 Å². The van der Waals surface area contributed by atoms with Crippen LogP contribution in [0.15, 0.2) is 59.1 Å². The van der Waals surface area contributed by atoms with E-state index in [1.807, 2.05) is 35.9 Å². The first kappa shape index (κ1) is 19.5. The minimum absolute atomic E-state index is 0.0702. The van der Waals surface area contributed by atoms with Gasteiger partial charge in [-0.2, -0.15) is 23.3 Å². The van der Waals surface area contributed by atoms with Crippen LogP contribution in [0.3, 0.4) is 0 Å². The molecule has 0 radical (unpaired) electrons. The lowest BCUT2D eigenvalue weighted by atomic mass is 10.1. The number of aromatic nitrogens is 4. The van der Waals surface area contributed by atoms with Crippen molar-refractivity contribution in [2.24, 2.45) is 0 Å². The predicted octanol–water partition coefficient (Wildman–Crippen LogP) is 5.20. The number of benzene rings is 2. The highest BCUT2D eigenvalue weighted by atomic mass is 19.4. The van der Waals surface area contributed by atoms with E-state index in [1.54, 1.807) is 6.07 Å². The Balaban J connectivity index is 1.39. The van der Waals surface area contributed by atoms with E-state index in [2.05, 4.69) is 15.2 Å². The van der Waals surface area contributed by atoms with Crippen LogP contribution in [0.25, 0.3) is 23.0 Å². The Morgan fingerprint density at radius 1 is 1.06 bits per heavy atom. The Kier molecular flexibility index (Phi) is 4.62. The molecule has 0 fully saturated rings. The van der Waals surface area contributed by atoms with Crippen molar-refractivity contribution in [3.8, 4) is 23.0 Å². The Labute approximate surface area is 175 Å². The molecule has 31 heavy (non-hydrogen) atoms. The Morgan fingerprint density at radius 3 is 2.65 bits per heavy atom. The number of halogens is 3. The Morgan fingerprint density at radius 2 is 1.87 bits per heavy atom. The van der Waals surface area contributed by atoms with Gasteiger partial charge in [-0.05, 0) is 30.7 Å². The number of ether oxygens (including phenoxy) is 1. The minimum atomic E-state index is -4.44. The smallest absolute Gasteiger partial charge is 0.365 e. The van der Waals surface area contributed by atoms with Crippen LogP contribution in [-0.4, -0.2) is 19.9 Å². The van der Waals surface area contributed by atoms with Crippen LogP contribution >= 0.6 is 0 Å². The maximum absolute atomic E-state index is 13.0. The largest absolute Gasteiger partial charge is 0.416 e. The number of hydrogen-bond acceptors (Lipinski definition) is 5. The van der Waals surface area contributed by atoms with Crippen molar-refractivity contribution in [2.45, 2.75) is 32.4 Å². The summed E-state index contributed by atoms with van der Waals surface area (Å²) in [6.45, 7) is 2.94. The van der Waals surface area contributed by atoms with Crippen molar-refractivity contribution in [3.05, 3.63) is 77.0 Å². The molecule has 2 aromatic heterocycles. The molecule has 1 aliphatic rings. The van der Waals surface area contributed by atoms with E-state index >= 15 is 0 Å². The molecule has 1 atom stereocenters.